The Labute approximate surface area is 187 Å². The van der Waals surface area contributed by atoms with Crippen molar-refractivity contribution >= 4 is 0 Å². The highest BCUT2D eigenvalue weighted by molar-refractivity contribution is 5.38. The molecule has 0 aromatic heterocycles. The van der Waals surface area contributed by atoms with Gasteiger partial charge in [-0.1, -0.05) is 31.2 Å². The molecule has 3 aliphatic rings. The molecule has 4 N–H and O–H groups in total. The van der Waals surface area contributed by atoms with E-state index in [1.165, 1.54) is 12.0 Å². The van der Waals surface area contributed by atoms with Crippen LogP contribution in [0.25, 0.3) is 0 Å². The Morgan fingerprint density at radius 2 is 2.03 bits per heavy atom. The van der Waals surface area contributed by atoms with E-state index in [9.17, 15) is 20.4 Å². The molecule has 0 radical (unpaired) electrons. The molecule has 3 rings (SSSR count). The molecule has 5 nitrogen and oxygen atoms in total. The fourth-order valence-electron chi connectivity index (χ4n) is 6.18. The van der Waals surface area contributed by atoms with Gasteiger partial charge in [0.2, 0.25) is 0 Å². The van der Waals surface area contributed by atoms with Crippen LogP contribution in [0.5, 0.6) is 0 Å². The maximum atomic E-state index is 10.1. The second kappa shape index (κ2) is 9.88. The lowest BCUT2D eigenvalue weighted by Gasteiger charge is -2.44. The molecule has 5 heteroatoms. The molecule has 3 fully saturated rings. The van der Waals surface area contributed by atoms with Crippen molar-refractivity contribution in [2.24, 2.45) is 17.3 Å². The molecule has 0 aromatic rings. The monoisotopic (exact) mass is 434 g/mol. The van der Waals surface area contributed by atoms with Crippen molar-refractivity contribution in [3.63, 3.8) is 0 Å². The van der Waals surface area contributed by atoms with E-state index < -0.39 is 17.8 Å². The fraction of sp³-hybridized carbons (Fsp3) is 0.769. The number of hydrogen-bond acceptors (Lipinski definition) is 5. The van der Waals surface area contributed by atoms with Gasteiger partial charge >= 0.3 is 0 Å². The molecule has 0 aliphatic heterocycles. The molecule has 3 aliphatic carbocycles. The zero-order valence-corrected chi connectivity index (χ0v) is 19.5. The zero-order valence-electron chi connectivity index (χ0n) is 19.5. The van der Waals surface area contributed by atoms with Crippen LogP contribution in [0.4, 0.5) is 0 Å². The van der Waals surface area contributed by atoms with Crippen molar-refractivity contribution in [1.82, 2.24) is 0 Å². The number of allylic oxidation sites excluding steroid dienone is 3. The molecule has 0 saturated heterocycles. The van der Waals surface area contributed by atoms with Crippen LogP contribution in [0.2, 0.25) is 0 Å². The first-order valence-electron chi connectivity index (χ1n) is 12.0. The number of ether oxygens (including phenoxy) is 1. The molecule has 0 spiro atoms. The summed E-state index contributed by atoms with van der Waals surface area (Å²) in [5.74, 6) is 1.00. The van der Waals surface area contributed by atoms with Gasteiger partial charge in [-0.3, -0.25) is 0 Å². The molecule has 176 valence electrons. The third-order valence-corrected chi connectivity index (χ3v) is 8.23. The van der Waals surface area contributed by atoms with Crippen LogP contribution < -0.4 is 0 Å². The summed E-state index contributed by atoms with van der Waals surface area (Å²) < 4.78 is 6.14. The Kier molecular flexibility index (Phi) is 7.86. The smallest absolute Gasteiger partial charge is 0.0871 e. The van der Waals surface area contributed by atoms with Crippen LogP contribution >= 0.6 is 0 Å². The number of aliphatic hydroxyl groups excluding tert-OH is 3. The number of rotatable bonds is 7. The van der Waals surface area contributed by atoms with E-state index in [1.54, 1.807) is 6.92 Å². The summed E-state index contributed by atoms with van der Waals surface area (Å²) in [5, 5.41) is 39.4. The SMILES string of the molecule is C=C1/C(=C\C=C2/CCC[C@@]3(C)C2CC[C@@H]3[C@H](C)OCC[C@@](C)(O)CO)C[C@@H](O)C[C@@H]1O. The quantitative estimate of drug-likeness (QED) is 0.491. The largest absolute Gasteiger partial charge is 0.393 e. The van der Waals surface area contributed by atoms with E-state index in [0.29, 0.717) is 37.7 Å². The fourth-order valence-corrected chi connectivity index (χ4v) is 6.18. The summed E-state index contributed by atoms with van der Waals surface area (Å²) in [6.07, 6.45) is 10.4. The van der Waals surface area contributed by atoms with Gasteiger partial charge in [0.1, 0.15) is 0 Å². The van der Waals surface area contributed by atoms with Gasteiger partial charge in [-0.15, -0.1) is 0 Å². The van der Waals surface area contributed by atoms with Crippen LogP contribution in [-0.2, 0) is 4.74 Å². The van der Waals surface area contributed by atoms with Crippen molar-refractivity contribution in [1.29, 1.82) is 0 Å². The predicted molar refractivity (Wildman–Crippen MR) is 122 cm³/mol. The molecule has 3 saturated carbocycles. The average Bonchev–Trinajstić information content (AvgIpc) is 3.07. The summed E-state index contributed by atoms with van der Waals surface area (Å²) in [6, 6.07) is 0. The van der Waals surface area contributed by atoms with Crippen LogP contribution in [-0.4, -0.2) is 57.6 Å². The molecule has 1 unspecified atom stereocenters. The minimum atomic E-state index is -1.08. The number of aliphatic hydroxyl groups is 4. The highest BCUT2D eigenvalue weighted by Gasteiger charge is 2.51. The maximum Gasteiger partial charge on any atom is 0.0871 e. The van der Waals surface area contributed by atoms with E-state index in [4.69, 9.17) is 4.74 Å². The third-order valence-electron chi connectivity index (χ3n) is 8.23. The minimum Gasteiger partial charge on any atom is -0.393 e. The molecular formula is C26H42O5. The zero-order chi connectivity index (χ0) is 22.8. The lowest BCUT2D eigenvalue weighted by atomic mass is 9.62. The lowest BCUT2D eigenvalue weighted by Crippen LogP contribution is -2.39. The summed E-state index contributed by atoms with van der Waals surface area (Å²) >= 11 is 0. The van der Waals surface area contributed by atoms with Gasteiger partial charge in [0.05, 0.1) is 30.5 Å². The summed E-state index contributed by atoms with van der Waals surface area (Å²) in [6.45, 7) is 10.4. The third kappa shape index (κ3) is 5.51. The van der Waals surface area contributed by atoms with Crippen molar-refractivity contribution in [3.05, 3.63) is 35.5 Å². The van der Waals surface area contributed by atoms with Crippen molar-refractivity contribution in [2.75, 3.05) is 13.2 Å². The maximum absolute atomic E-state index is 10.1. The van der Waals surface area contributed by atoms with E-state index >= 15 is 0 Å². The minimum absolute atomic E-state index is 0.116. The van der Waals surface area contributed by atoms with E-state index in [2.05, 4.69) is 32.6 Å². The van der Waals surface area contributed by atoms with Gasteiger partial charge in [0, 0.05) is 19.4 Å². The normalized spacial score (nSPS) is 39.5. The first-order chi connectivity index (χ1) is 14.6. The predicted octanol–water partition coefficient (Wildman–Crippen LogP) is 3.67. The van der Waals surface area contributed by atoms with Gasteiger partial charge in [0.25, 0.3) is 0 Å². The topological polar surface area (TPSA) is 90.2 Å². The molecule has 7 atom stereocenters. The number of hydrogen-bond donors (Lipinski definition) is 4. The van der Waals surface area contributed by atoms with Crippen molar-refractivity contribution < 1.29 is 25.2 Å². The average molecular weight is 435 g/mol. The Bertz CT molecular complexity index is 709. The molecule has 31 heavy (non-hydrogen) atoms. The Morgan fingerprint density at radius 1 is 1.29 bits per heavy atom. The van der Waals surface area contributed by atoms with Crippen LogP contribution in [0.1, 0.15) is 72.1 Å². The summed E-state index contributed by atoms with van der Waals surface area (Å²) in [4.78, 5) is 0. The lowest BCUT2D eigenvalue weighted by molar-refractivity contribution is -0.0628. The summed E-state index contributed by atoms with van der Waals surface area (Å²) in [7, 11) is 0. The Hall–Kier alpha value is -0.980. The van der Waals surface area contributed by atoms with Gasteiger partial charge in [-0.25, -0.2) is 0 Å². The standard InChI is InChI=1S/C26H42O5/c1-17-20(14-21(28)15-24(17)29)8-7-19-6-5-11-26(4)22(9-10-23(19)26)18(2)31-13-12-25(3,30)16-27/h7-8,18,21-24,27-30H,1,5-6,9-16H2,2-4H3/b19-7+,20-8-/t18-,21+,22+,23?,24-,25+,26+/m0/s1. The Morgan fingerprint density at radius 3 is 2.74 bits per heavy atom. The van der Waals surface area contributed by atoms with Crippen LogP contribution in [0.15, 0.2) is 35.5 Å². The van der Waals surface area contributed by atoms with Crippen LogP contribution in [0, 0.1) is 17.3 Å². The molecule has 0 aromatic carbocycles. The molecule has 0 heterocycles. The van der Waals surface area contributed by atoms with E-state index in [0.717, 1.165) is 36.8 Å². The van der Waals surface area contributed by atoms with Gasteiger partial charge < -0.3 is 25.2 Å². The van der Waals surface area contributed by atoms with Crippen molar-refractivity contribution in [3.8, 4) is 0 Å². The van der Waals surface area contributed by atoms with Crippen molar-refractivity contribution in [2.45, 2.75) is 96.1 Å². The highest BCUT2D eigenvalue weighted by atomic mass is 16.5. The van der Waals surface area contributed by atoms with Gasteiger partial charge in [-0.2, -0.15) is 0 Å². The first-order valence-corrected chi connectivity index (χ1v) is 12.0. The van der Waals surface area contributed by atoms with E-state index in [-0.39, 0.29) is 18.1 Å². The Balaban J connectivity index is 1.68. The first kappa shape index (κ1) is 24.7. The van der Waals surface area contributed by atoms with E-state index in [1.807, 2.05) is 0 Å². The second-order valence-electron chi connectivity index (χ2n) is 10.6. The number of fused-ring (bicyclic) bond motifs is 1. The second-order valence-corrected chi connectivity index (χ2v) is 10.6. The van der Waals surface area contributed by atoms with Gasteiger partial charge in [-0.05, 0) is 80.8 Å². The summed E-state index contributed by atoms with van der Waals surface area (Å²) in [5.41, 5.74) is 2.30. The highest BCUT2D eigenvalue weighted by Crippen LogP contribution is 2.58. The van der Waals surface area contributed by atoms with Crippen LogP contribution in [0.3, 0.4) is 0 Å². The molecular weight excluding hydrogens is 392 g/mol. The molecule has 0 amide bonds. The van der Waals surface area contributed by atoms with Gasteiger partial charge in [0.15, 0.2) is 0 Å². The molecule has 0 bridgehead atoms.